The number of aromatic nitrogens is 2. The summed E-state index contributed by atoms with van der Waals surface area (Å²) in [6, 6.07) is 16.1. The van der Waals surface area contributed by atoms with Crippen LogP contribution >= 0.6 is 0 Å². The molecule has 0 saturated heterocycles. The van der Waals surface area contributed by atoms with Crippen LogP contribution in [0.4, 0.5) is 9.59 Å². The first-order chi connectivity index (χ1) is 18.8. The fourth-order valence-corrected chi connectivity index (χ4v) is 4.62. The summed E-state index contributed by atoms with van der Waals surface area (Å²) in [6.07, 6.45) is -1.56. The molecule has 2 amide bonds. The van der Waals surface area contributed by atoms with Gasteiger partial charge in [-0.25, -0.2) is 14.6 Å². The van der Waals surface area contributed by atoms with Crippen LogP contribution in [0.1, 0.15) is 37.7 Å². The van der Waals surface area contributed by atoms with Gasteiger partial charge in [-0.3, -0.25) is 4.90 Å². The fourth-order valence-electron chi connectivity index (χ4n) is 3.86. The SMILES string of the molecule is CC(C)(C)OC(=O)NCC#Cc1cccc2nc(CN(Cc3ccccc3)C(=O)O)n(COCC[Si](C)(C)C)c12. The molecule has 1 aromatic heterocycles. The van der Waals surface area contributed by atoms with Crippen molar-refractivity contribution >= 4 is 31.3 Å². The van der Waals surface area contributed by atoms with Crippen LogP contribution in [0.15, 0.2) is 48.5 Å². The van der Waals surface area contributed by atoms with Gasteiger partial charge in [0.15, 0.2) is 0 Å². The molecule has 2 N–H and O–H groups in total. The number of nitrogens with one attached hydrogen (secondary N) is 1. The summed E-state index contributed by atoms with van der Waals surface area (Å²) < 4.78 is 13.3. The van der Waals surface area contributed by atoms with Crippen molar-refractivity contribution in [3.05, 3.63) is 65.5 Å². The van der Waals surface area contributed by atoms with Gasteiger partial charge in [0.1, 0.15) is 18.2 Å². The summed E-state index contributed by atoms with van der Waals surface area (Å²) in [7, 11) is -1.29. The van der Waals surface area contributed by atoms with E-state index in [1.165, 1.54) is 4.90 Å². The molecular weight excluding hydrogens is 524 g/mol. The molecular formula is C30H40N4O5Si. The molecule has 0 spiro atoms. The Morgan fingerprint density at radius 2 is 1.80 bits per heavy atom. The number of rotatable bonds is 10. The Bertz CT molecular complexity index is 1360. The van der Waals surface area contributed by atoms with Crippen LogP contribution in [0.2, 0.25) is 25.7 Å². The molecule has 0 fully saturated rings. The minimum Gasteiger partial charge on any atom is -0.465 e. The molecule has 9 nitrogen and oxygen atoms in total. The molecule has 10 heteroatoms. The number of hydrogen-bond donors (Lipinski definition) is 2. The van der Waals surface area contributed by atoms with E-state index >= 15 is 0 Å². The quantitative estimate of drug-likeness (QED) is 0.180. The average Bonchev–Trinajstić information content (AvgIpc) is 3.20. The number of alkyl carbamates (subject to hydrolysis) is 1. The molecule has 0 aliphatic carbocycles. The van der Waals surface area contributed by atoms with E-state index in [9.17, 15) is 14.7 Å². The van der Waals surface area contributed by atoms with Gasteiger partial charge in [0.25, 0.3) is 0 Å². The Morgan fingerprint density at radius 3 is 2.45 bits per heavy atom. The highest BCUT2D eigenvalue weighted by atomic mass is 28.3. The number of para-hydroxylation sites is 1. The van der Waals surface area contributed by atoms with E-state index in [1.807, 2.05) is 53.1 Å². The molecule has 2 aromatic carbocycles. The van der Waals surface area contributed by atoms with E-state index in [-0.39, 0.29) is 26.4 Å². The largest absolute Gasteiger partial charge is 0.465 e. The predicted octanol–water partition coefficient (Wildman–Crippen LogP) is 5.91. The molecule has 0 radical (unpaired) electrons. The molecule has 0 atom stereocenters. The van der Waals surface area contributed by atoms with Crippen molar-refractivity contribution in [1.82, 2.24) is 19.8 Å². The number of ether oxygens (including phenoxy) is 2. The number of imidazole rings is 1. The van der Waals surface area contributed by atoms with Crippen LogP contribution in [-0.4, -0.2) is 58.6 Å². The third kappa shape index (κ3) is 9.74. The summed E-state index contributed by atoms with van der Waals surface area (Å²) in [6.45, 7) is 13.5. The average molecular weight is 565 g/mol. The van der Waals surface area contributed by atoms with Crippen molar-refractivity contribution in [2.75, 3.05) is 13.2 Å². The summed E-state index contributed by atoms with van der Waals surface area (Å²) in [5, 5.41) is 12.6. The van der Waals surface area contributed by atoms with E-state index in [0.717, 1.165) is 17.1 Å². The van der Waals surface area contributed by atoms with Gasteiger partial charge >= 0.3 is 12.2 Å². The zero-order valence-corrected chi connectivity index (χ0v) is 25.3. The van der Waals surface area contributed by atoms with E-state index < -0.39 is 25.9 Å². The van der Waals surface area contributed by atoms with Crippen LogP contribution in [-0.2, 0) is 29.3 Å². The maximum atomic E-state index is 12.2. The normalized spacial score (nSPS) is 11.6. The number of carboxylic acid groups (broad SMARTS) is 1. The third-order valence-corrected chi connectivity index (χ3v) is 7.53. The number of carbonyl (C=O) groups excluding carboxylic acids is 1. The van der Waals surface area contributed by atoms with Crippen LogP contribution < -0.4 is 5.32 Å². The fraction of sp³-hybridized carbons (Fsp3) is 0.433. The standard InChI is InChI=1S/C30H40N4O5Si/c1-30(2,3)39-28(35)31-17-11-15-24-14-10-16-25-27(24)34(22-38-18-19-40(4,5)6)26(32-25)21-33(29(36)37)20-23-12-8-7-9-13-23/h7-10,12-14,16H,17-22H2,1-6H3,(H,31,35)(H,36,37). The maximum absolute atomic E-state index is 12.2. The van der Waals surface area contributed by atoms with Crippen molar-refractivity contribution in [2.24, 2.45) is 0 Å². The summed E-state index contributed by atoms with van der Waals surface area (Å²) in [5.41, 5.74) is 2.47. The zero-order chi connectivity index (χ0) is 29.3. The third-order valence-electron chi connectivity index (χ3n) is 5.82. The maximum Gasteiger partial charge on any atom is 0.408 e. The first kappa shape index (κ1) is 30.7. The van der Waals surface area contributed by atoms with Gasteiger partial charge < -0.3 is 24.5 Å². The van der Waals surface area contributed by atoms with Gasteiger partial charge in [-0.05, 0) is 44.5 Å². The topological polar surface area (TPSA) is 106 Å². The highest BCUT2D eigenvalue weighted by molar-refractivity contribution is 6.76. The van der Waals surface area contributed by atoms with Gasteiger partial charge in [-0.1, -0.05) is 67.9 Å². The Balaban J connectivity index is 1.90. The lowest BCUT2D eigenvalue weighted by Gasteiger charge is -2.20. The number of fused-ring (bicyclic) bond motifs is 1. The second-order valence-electron chi connectivity index (χ2n) is 11.8. The molecule has 214 valence electrons. The van der Waals surface area contributed by atoms with Crippen molar-refractivity contribution in [2.45, 2.75) is 71.9 Å². The number of carbonyl (C=O) groups is 2. The minimum atomic E-state index is -1.29. The van der Waals surface area contributed by atoms with Crippen LogP contribution in [0.25, 0.3) is 11.0 Å². The summed E-state index contributed by atoms with van der Waals surface area (Å²) >= 11 is 0. The van der Waals surface area contributed by atoms with E-state index in [4.69, 9.17) is 14.5 Å². The minimum absolute atomic E-state index is 0.0867. The number of nitrogens with zero attached hydrogens (tertiary/aromatic N) is 3. The van der Waals surface area contributed by atoms with Crippen molar-refractivity contribution in [3.63, 3.8) is 0 Å². The van der Waals surface area contributed by atoms with E-state index in [1.54, 1.807) is 20.8 Å². The lowest BCUT2D eigenvalue weighted by atomic mass is 10.2. The van der Waals surface area contributed by atoms with Crippen molar-refractivity contribution in [1.29, 1.82) is 0 Å². The number of hydrogen-bond acceptors (Lipinski definition) is 5. The highest BCUT2D eigenvalue weighted by Gasteiger charge is 2.21. The predicted molar refractivity (Wildman–Crippen MR) is 159 cm³/mol. The van der Waals surface area contributed by atoms with Gasteiger partial charge in [0.05, 0.1) is 29.7 Å². The van der Waals surface area contributed by atoms with Gasteiger partial charge in [-0.2, -0.15) is 0 Å². The van der Waals surface area contributed by atoms with Crippen molar-refractivity contribution in [3.8, 4) is 11.8 Å². The molecule has 0 aliphatic rings. The molecule has 0 bridgehead atoms. The lowest BCUT2D eigenvalue weighted by Crippen LogP contribution is -2.32. The monoisotopic (exact) mass is 564 g/mol. The molecule has 40 heavy (non-hydrogen) atoms. The number of amides is 2. The molecule has 3 aromatic rings. The van der Waals surface area contributed by atoms with Gasteiger partial charge in [-0.15, -0.1) is 0 Å². The van der Waals surface area contributed by atoms with Crippen LogP contribution in [0.5, 0.6) is 0 Å². The van der Waals surface area contributed by atoms with E-state index in [0.29, 0.717) is 23.5 Å². The second kappa shape index (κ2) is 13.5. The zero-order valence-electron chi connectivity index (χ0n) is 24.3. The lowest BCUT2D eigenvalue weighted by molar-refractivity contribution is 0.0535. The van der Waals surface area contributed by atoms with Crippen LogP contribution in [0.3, 0.4) is 0 Å². The molecule has 0 saturated carbocycles. The summed E-state index contributed by atoms with van der Waals surface area (Å²) in [5.74, 6) is 6.69. The Kier molecular flexibility index (Phi) is 10.4. The molecule has 0 aliphatic heterocycles. The van der Waals surface area contributed by atoms with Crippen LogP contribution in [0, 0.1) is 11.8 Å². The molecule has 0 unspecified atom stereocenters. The number of benzene rings is 2. The van der Waals surface area contributed by atoms with Gasteiger partial charge in [0.2, 0.25) is 0 Å². The first-order valence-electron chi connectivity index (χ1n) is 13.4. The molecule has 3 rings (SSSR count). The van der Waals surface area contributed by atoms with Crippen molar-refractivity contribution < 1.29 is 24.2 Å². The molecule has 1 heterocycles. The van der Waals surface area contributed by atoms with E-state index in [2.05, 4.69) is 36.8 Å². The smallest absolute Gasteiger partial charge is 0.408 e. The Hall–Kier alpha value is -3.81. The Labute approximate surface area is 237 Å². The Morgan fingerprint density at radius 1 is 1.07 bits per heavy atom. The second-order valence-corrected chi connectivity index (χ2v) is 17.4. The summed E-state index contributed by atoms with van der Waals surface area (Å²) in [4.78, 5) is 30.3. The highest BCUT2D eigenvalue weighted by Crippen LogP contribution is 2.23. The first-order valence-corrected chi connectivity index (χ1v) is 17.1. The van der Waals surface area contributed by atoms with Gasteiger partial charge in [0, 0.05) is 21.2 Å².